The molecule has 0 amide bonds. The summed E-state index contributed by atoms with van der Waals surface area (Å²) in [5, 5.41) is 10.8. The highest BCUT2D eigenvalue weighted by molar-refractivity contribution is 5.67. The normalized spacial score (nSPS) is 29.9. The quantitative estimate of drug-likeness (QED) is 0.677. The van der Waals surface area contributed by atoms with Crippen LogP contribution in [0.4, 0.5) is 0 Å². The van der Waals surface area contributed by atoms with E-state index in [1.807, 2.05) is 6.92 Å². The van der Waals surface area contributed by atoms with Crippen LogP contribution in [0.1, 0.15) is 39.0 Å². The maximum absolute atomic E-state index is 10.8. The van der Waals surface area contributed by atoms with Gasteiger partial charge in [0.1, 0.15) is 0 Å². The van der Waals surface area contributed by atoms with Gasteiger partial charge in [-0.25, -0.2) is 0 Å². The standard InChI is InChI=1S/C11H20O3/c1-3-10(11(12)13)8-4-6-9(14-2)7-5-8/h8-10H,3-7H2,1-2H3,(H,12,13)/p-1/t8?,9?,10-/m0/s1. The predicted octanol–water partition coefficient (Wildman–Crippen LogP) is 0.968. The van der Waals surface area contributed by atoms with Gasteiger partial charge in [0.2, 0.25) is 0 Å². The van der Waals surface area contributed by atoms with Crippen LogP contribution in [-0.2, 0) is 9.53 Å². The van der Waals surface area contributed by atoms with Gasteiger partial charge in [0.25, 0.3) is 0 Å². The van der Waals surface area contributed by atoms with E-state index >= 15 is 0 Å². The van der Waals surface area contributed by atoms with Crippen LogP contribution in [0, 0.1) is 11.8 Å². The molecule has 0 radical (unpaired) electrons. The van der Waals surface area contributed by atoms with Crippen LogP contribution in [0.25, 0.3) is 0 Å². The van der Waals surface area contributed by atoms with Gasteiger partial charge >= 0.3 is 0 Å². The maximum atomic E-state index is 10.8. The van der Waals surface area contributed by atoms with Crippen LogP contribution >= 0.6 is 0 Å². The Morgan fingerprint density at radius 1 is 1.43 bits per heavy atom. The van der Waals surface area contributed by atoms with Crippen LogP contribution in [0.15, 0.2) is 0 Å². The fourth-order valence-corrected chi connectivity index (χ4v) is 2.42. The van der Waals surface area contributed by atoms with Crippen molar-refractivity contribution in [3.8, 4) is 0 Å². The van der Waals surface area contributed by atoms with Gasteiger partial charge in [-0.15, -0.1) is 0 Å². The summed E-state index contributed by atoms with van der Waals surface area (Å²) >= 11 is 0. The van der Waals surface area contributed by atoms with Gasteiger partial charge in [-0.1, -0.05) is 6.92 Å². The van der Waals surface area contributed by atoms with Crippen LogP contribution in [0.2, 0.25) is 0 Å². The number of aliphatic carboxylic acids is 1. The van der Waals surface area contributed by atoms with Crippen LogP contribution in [-0.4, -0.2) is 19.2 Å². The van der Waals surface area contributed by atoms with Gasteiger partial charge in [-0.05, 0) is 38.0 Å². The Bertz CT molecular complexity index is 183. The molecule has 82 valence electrons. The zero-order chi connectivity index (χ0) is 10.6. The number of carboxylic acids is 1. The molecule has 0 unspecified atom stereocenters. The number of ether oxygens (including phenoxy) is 1. The van der Waals surface area contributed by atoms with E-state index < -0.39 is 5.97 Å². The SMILES string of the molecule is CC[C@H](C(=O)[O-])C1CCC(OC)CC1. The fourth-order valence-electron chi connectivity index (χ4n) is 2.42. The largest absolute Gasteiger partial charge is 0.550 e. The van der Waals surface area contributed by atoms with Crippen molar-refractivity contribution in [2.75, 3.05) is 7.11 Å². The molecule has 0 saturated heterocycles. The third kappa shape index (κ3) is 2.71. The molecule has 1 aliphatic rings. The van der Waals surface area contributed by atoms with Crippen molar-refractivity contribution in [1.82, 2.24) is 0 Å². The lowest BCUT2D eigenvalue weighted by Gasteiger charge is -2.33. The second-order valence-corrected chi connectivity index (χ2v) is 4.11. The van der Waals surface area contributed by atoms with Gasteiger partial charge in [0.15, 0.2) is 0 Å². The average molecular weight is 199 g/mol. The zero-order valence-corrected chi connectivity index (χ0v) is 8.99. The van der Waals surface area contributed by atoms with E-state index in [1.165, 1.54) is 0 Å². The first kappa shape index (κ1) is 11.5. The van der Waals surface area contributed by atoms with Crippen molar-refractivity contribution in [1.29, 1.82) is 0 Å². The molecule has 1 aliphatic carbocycles. The molecule has 0 N–H and O–H groups in total. The molecule has 0 aliphatic heterocycles. The van der Waals surface area contributed by atoms with Gasteiger partial charge in [0.05, 0.1) is 6.10 Å². The summed E-state index contributed by atoms with van der Waals surface area (Å²) in [4.78, 5) is 10.8. The Morgan fingerprint density at radius 3 is 2.36 bits per heavy atom. The van der Waals surface area contributed by atoms with E-state index in [-0.39, 0.29) is 5.92 Å². The average Bonchev–Trinajstić information content (AvgIpc) is 2.19. The number of rotatable bonds is 4. The molecular weight excluding hydrogens is 180 g/mol. The van der Waals surface area contributed by atoms with Crippen molar-refractivity contribution in [2.45, 2.75) is 45.1 Å². The minimum absolute atomic E-state index is 0.257. The summed E-state index contributed by atoms with van der Waals surface area (Å²) < 4.78 is 5.25. The summed E-state index contributed by atoms with van der Waals surface area (Å²) in [5.41, 5.74) is 0. The minimum atomic E-state index is -0.881. The van der Waals surface area contributed by atoms with E-state index in [1.54, 1.807) is 7.11 Å². The number of carbonyl (C=O) groups is 1. The Morgan fingerprint density at radius 2 is 2.00 bits per heavy atom. The van der Waals surface area contributed by atoms with Gasteiger partial charge < -0.3 is 14.6 Å². The molecule has 0 aromatic heterocycles. The summed E-state index contributed by atoms with van der Waals surface area (Å²) in [6, 6.07) is 0. The maximum Gasteiger partial charge on any atom is 0.0571 e. The highest BCUT2D eigenvalue weighted by atomic mass is 16.5. The highest BCUT2D eigenvalue weighted by Crippen LogP contribution is 2.32. The number of carboxylic acid groups (broad SMARTS) is 1. The van der Waals surface area contributed by atoms with E-state index in [9.17, 15) is 9.90 Å². The summed E-state index contributed by atoms with van der Waals surface area (Å²) in [6.07, 6.45) is 4.93. The molecule has 1 rings (SSSR count). The van der Waals surface area contributed by atoms with Crippen molar-refractivity contribution < 1.29 is 14.6 Å². The molecule has 0 bridgehead atoms. The lowest BCUT2D eigenvalue weighted by molar-refractivity contribution is -0.314. The second kappa shape index (κ2) is 5.35. The van der Waals surface area contributed by atoms with Crippen LogP contribution < -0.4 is 5.11 Å². The summed E-state index contributed by atoms with van der Waals surface area (Å²) in [6.45, 7) is 1.92. The summed E-state index contributed by atoms with van der Waals surface area (Å²) in [5.74, 6) is -0.836. The molecule has 14 heavy (non-hydrogen) atoms. The van der Waals surface area contributed by atoms with E-state index in [2.05, 4.69) is 0 Å². The van der Waals surface area contributed by atoms with Crippen LogP contribution in [0.5, 0.6) is 0 Å². The van der Waals surface area contributed by atoms with Gasteiger partial charge in [-0.2, -0.15) is 0 Å². The third-order valence-corrected chi connectivity index (χ3v) is 3.36. The Labute approximate surface area is 85.5 Å². The molecule has 1 atom stereocenters. The first-order chi connectivity index (χ1) is 6.69. The monoisotopic (exact) mass is 199 g/mol. The molecule has 0 aromatic carbocycles. The van der Waals surface area contributed by atoms with Crippen molar-refractivity contribution in [3.05, 3.63) is 0 Å². The molecule has 1 saturated carbocycles. The molecule has 1 fully saturated rings. The molecule has 0 aromatic rings. The van der Waals surface area contributed by atoms with Crippen LogP contribution in [0.3, 0.4) is 0 Å². The Kier molecular flexibility index (Phi) is 4.39. The first-order valence-electron chi connectivity index (χ1n) is 5.42. The lowest BCUT2D eigenvalue weighted by atomic mass is 9.78. The Hall–Kier alpha value is -0.570. The van der Waals surface area contributed by atoms with Crippen molar-refractivity contribution in [2.24, 2.45) is 11.8 Å². The van der Waals surface area contributed by atoms with Gasteiger partial charge in [0, 0.05) is 19.0 Å². The number of hydrogen-bond donors (Lipinski definition) is 0. The Balaban J connectivity index is 2.43. The molecule has 3 nitrogen and oxygen atoms in total. The second-order valence-electron chi connectivity index (χ2n) is 4.11. The van der Waals surface area contributed by atoms with E-state index in [4.69, 9.17) is 4.74 Å². The molecular formula is C11H19O3-. The topological polar surface area (TPSA) is 49.4 Å². The molecule has 3 heteroatoms. The number of hydrogen-bond acceptors (Lipinski definition) is 3. The number of carbonyl (C=O) groups excluding carboxylic acids is 1. The van der Waals surface area contributed by atoms with E-state index in [0.29, 0.717) is 18.4 Å². The molecule has 0 heterocycles. The zero-order valence-electron chi connectivity index (χ0n) is 8.99. The van der Waals surface area contributed by atoms with Crippen molar-refractivity contribution in [3.63, 3.8) is 0 Å². The minimum Gasteiger partial charge on any atom is -0.550 e. The smallest absolute Gasteiger partial charge is 0.0571 e. The van der Waals surface area contributed by atoms with Crippen molar-refractivity contribution >= 4 is 5.97 Å². The number of methoxy groups -OCH3 is 1. The summed E-state index contributed by atoms with van der Waals surface area (Å²) in [7, 11) is 1.72. The van der Waals surface area contributed by atoms with E-state index in [0.717, 1.165) is 25.7 Å². The highest BCUT2D eigenvalue weighted by Gasteiger charge is 2.27. The van der Waals surface area contributed by atoms with Gasteiger partial charge in [-0.3, -0.25) is 0 Å². The first-order valence-corrected chi connectivity index (χ1v) is 5.42. The molecule has 0 spiro atoms. The predicted molar refractivity (Wildman–Crippen MR) is 51.5 cm³/mol. The third-order valence-electron chi connectivity index (χ3n) is 3.36. The fraction of sp³-hybridized carbons (Fsp3) is 0.909. The lowest BCUT2D eigenvalue weighted by Crippen LogP contribution is -2.37.